The Morgan fingerprint density at radius 1 is 0.882 bits per heavy atom. The molecular formula is C27H38N2O5. The van der Waals surface area contributed by atoms with Crippen LogP contribution in [0.4, 0.5) is 0 Å². The summed E-state index contributed by atoms with van der Waals surface area (Å²) in [6.45, 7) is 5.44. The average Bonchev–Trinajstić information content (AvgIpc) is 2.85. The smallest absolute Gasteiger partial charge is 0.161 e. The van der Waals surface area contributed by atoms with Crippen molar-refractivity contribution in [3.05, 3.63) is 47.5 Å². The van der Waals surface area contributed by atoms with E-state index in [0.29, 0.717) is 36.0 Å². The van der Waals surface area contributed by atoms with Gasteiger partial charge in [-0.15, -0.1) is 0 Å². The molecule has 2 aromatic carbocycles. The van der Waals surface area contributed by atoms with Crippen LogP contribution in [0.5, 0.6) is 23.0 Å². The van der Waals surface area contributed by atoms with E-state index in [4.69, 9.17) is 23.8 Å². The third-order valence-electron chi connectivity index (χ3n) is 6.28. The van der Waals surface area contributed by atoms with Crippen molar-refractivity contribution in [1.29, 1.82) is 5.26 Å². The highest BCUT2D eigenvalue weighted by atomic mass is 16.7. The van der Waals surface area contributed by atoms with Crippen LogP contribution >= 0.6 is 0 Å². The number of nitriles is 1. The molecule has 34 heavy (non-hydrogen) atoms. The fourth-order valence-corrected chi connectivity index (χ4v) is 4.13. The molecule has 0 N–H and O–H groups in total. The van der Waals surface area contributed by atoms with Crippen LogP contribution in [-0.2, 0) is 16.7 Å². The number of hydrogen-bond donors (Lipinski definition) is 0. The summed E-state index contributed by atoms with van der Waals surface area (Å²) in [6, 6.07) is 14.2. The molecule has 1 unspecified atom stereocenters. The number of hydroxylamine groups is 2. The van der Waals surface area contributed by atoms with E-state index >= 15 is 0 Å². The van der Waals surface area contributed by atoms with Crippen molar-refractivity contribution in [2.24, 2.45) is 5.92 Å². The average molecular weight is 471 g/mol. The van der Waals surface area contributed by atoms with Crippen LogP contribution in [0.25, 0.3) is 0 Å². The van der Waals surface area contributed by atoms with Crippen LogP contribution in [0, 0.1) is 17.2 Å². The predicted molar refractivity (Wildman–Crippen MR) is 133 cm³/mol. The fraction of sp³-hybridized carbons (Fsp3) is 0.519. The minimum absolute atomic E-state index is 0.131. The van der Waals surface area contributed by atoms with E-state index in [1.807, 2.05) is 48.5 Å². The monoisotopic (exact) mass is 470 g/mol. The van der Waals surface area contributed by atoms with E-state index < -0.39 is 5.41 Å². The second-order valence-corrected chi connectivity index (χ2v) is 8.54. The Kier molecular flexibility index (Phi) is 10.5. The fourth-order valence-electron chi connectivity index (χ4n) is 4.13. The van der Waals surface area contributed by atoms with Gasteiger partial charge in [-0.2, -0.15) is 10.3 Å². The molecule has 0 saturated carbocycles. The summed E-state index contributed by atoms with van der Waals surface area (Å²) in [5, 5.41) is 12.1. The predicted octanol–water partition coefficient (Wildman–Crippen LogP) is 5.02. The zero-order valence-corrected chi connectivity index (χ0v) is 21.5. The van der Waals surface area contributed by atoms with Crippen LogP contribution in [0.1, 0.15) is 37.8 Å². The molecule has 2 aromatic rings. The van der Waals surface area contributed by atoms with Crippen LogP contribution in [0.2, 0.25) is 0 Å². The standard InChI is InChI=1S/C27H38N2O5/c1-20(2)27(19-28,22-10-12-24(31-5)26(18-22)33-7)14-8-15-29(3)34-16-13-21-9-11-23(30-4)25(17-21)32-6/h9-12,17-18,20H,8,13-16H2,1-7H3. The van der Waals surface area contributed by atoms with Crippen LogP contribution in [0.15, 0.2) is 36.4 Å². The molecule has 0 radical (unpaired) electrons. The van der Waals surface area contributed by atoms with Crippen LogP contribution in [-0.4, -0.2) is 53.7 Å². The Balaban J connectivity index is 1.95. The molecule has 0 aromatic heterocycles. The maximum atomic E-state index is 10.2. The van der Waals surface area contributed by atoms with Crippen molar-refractivity contribution in [1.82, 2.24) is 5.06 Å². The molecule has 0 fully saturated rings. The highest BCUT2D eigenvalue weighted by Crippen LogP contribution is 2.40. The summed E-state index contributed by atoms with van der Waals surface area (Å²) in [7, 11) is 8.40. The molecule has 7 heteroatoms. The molecule has 2 rings (SSSR count). The summed E-state index contributed by atoms with van der Waals surface area (Å²) >= 11 is 0. The molecule has 0 aliphatic rings. The summed E-state index contributed by atoms with van der Waals surface area (Å²) in [5.74, 6) is 2.85. The van der Waals surface area contributed by atoms with E-state index in [1.165, 1.54) is 0 Å². The van der Waals surface area contributed by atoms with Gasteiger partial charge in [0.2, 0.25) is 0 Å². The lowest BCUT2D eigenvalue weighted by Crippen LogP contribution is -2.32. The van der Waals surface area contributed by atoms with Crippen molar-refractivity contribution in [3.8, 4) is 29.1 Å². The van der Waals surface area contributed by atoms with Gasteiger partial charge in [0.05, 0.1) is 46.5 Å². The Morgan fingerprint density at radius 3 is 2.03 bits per heavy atom. The van der Waals surface area contributed by atoms with Crippen LogP contribution < -0.4 is 18.9 Å². The van der Waals surface area contributed by atoms with Gasteiger partial charge in [-0.05, 0) is 60.6 Å². The molecule has 1 atom stereocenters. The van der Waals surface area contributed by atoms with E-state index in [9.17, 15) is 5.26 Å². The second-order valence-electron chi connectivity index (χ2n) is 8.54. The second kappa shape index (κ2) is 13.1. The first-order valence-corrected chi connectivity index (χ1v) is 11.5. The molecule has 0 bridgehead atoms. The largest absolute Gasteiger partial charge is 0.493 e. The number of benzene rings is 2. The third-order valence-corrected chi connectivity index (χ3v) is 6.28. The molecule has 0 saturated heterocycles. The zero-order valence-electron chi connectivity index (χ0n) is 21.5. The van der Waals surface area contributed by atoms with Gasteiger partial charge in [-0.1, -0.05) is 26.0 Å². The summed E-state index contributed by atoms with van der Waals surface area (Å²) in [6.07, 6.45) is 2.28. The number of methoxy groups -OCH3 is 4. The molecule has 0 aliphatic carbocycles. The quantitative estimate of drug-likeness (QED) is 0.359. The van der Waals surface area contributed by atoms with Crippen molar-refractivity contribution in [3.63, 3.8) is 0 Å². The zero-order chi connectivity index (χ0) is 25.1. The lowest BCUT2D eigenvalue weighted by atomic mass is 9.70. The first-order chi connectivity index (χ1) is 16.3. The van der Waals surface area contributed by atoms with Crippen molar-refractivity contribution >= 4 is 0 Å². The Hall–Kier alpha value is -2.95. The maximum Gasteiger partial charge on any atom is 0.161 e. The molecule has 0 aliphatic heterocycles. The van der Waals surface area contributed by atoms with E-state index in [1.54, 1.807) is 28.4 Å². The number of hydrogen-bond acceptors (Lipinski definition) is 7. The summed E-state index contributed by atoms with van der Waals surface area (Å²) in [4.78, 5) is 5.90. The first kappa shape index (κ1) is 27.3. The highest BCUT2D eigenvalue weighted by Gasteiger charge is 2.36. The van der Waals surface area contributed by atoms with Gasteiger partial charge in [-0.25, -0.2) is 0 Å². The number of nitrogens with zero attached hydrogens (tertiary/aromatic N) is 2. The molecule has 0 heterocycles. The minimum Gasteiger partial charge on any atom is -0.493 e. The van der Waals surface area contributed by atoms with E-state index in [0.717, 1.165) is 30.5 Å². The number of rotatable bonds is 14. The van der Waals surface area contributed by atoms with Gasteiger partial charge in [0.25, 0.3) is 0 Å². The van der Waals surface area contributed by atoms with Gasteiger partial charge >= 0.3 is 0 Å². The normalized spacial score (nSPS) is 12.8. The lowest BCUT2D eigenvalue weighted by molar-refractivity contribution is -0.139. The van der Waals surface area contributed by atoms with Crippen LogP contribution in [0.3, 0.4) is 0 Å². The topological polar surface area (TPSA) is 73.2 Å². The van der Waals surface area contributed by atoms with Gasteiger partial charge in [0.1, 0.15) is 0 Å². The van der Waals surface area contributed by atoms with Crippen molar-refractivity contribution in [2.75, 3.05) is 48.6 Å². The summed E-state index contributed by atoms with van der Waals surface area (Å²) < 4.78 is 21.5. The summed E-state index contributed by atoms with van der Waals surface area (Å²) in [5.41, 5.74) is 1.43. The number of ether oxygens (including phenoxy) is 4. The van der Waals surface area contributed by atoms with Gasteiger partial charge < -0.3 is 18.9 Å². The van der Waals surface area contributed by atoms with Gasteiger partial charge in [-0.3, -0.25) is 4.84 Å². The molecule has 0 amide bonds. The maximum absolute atomic E-state index is 10.2. The molecule has 0 spiro atoms. The minimum atomic E-state index is -0.625. The van der Waals surface area contributed by atoms with Crippen molar-refractivity contribution < 1.29 is 23.8 Å². The van der Waals surface area contributed by atoms with Gasteiger partial charge in [0.15, 0.2) is 23.0 Å². The Morgan fingerprint density at radius 2 is 1.47 bits per heavy atom. The lowest BCUT2D eigenvalue weighted by Gasteiger charge is -2.32. The Bertz CT molecular complexity index is 957. The first-order valence-electron chi connectivity index (χ1n) is 11.5. The molecule has 186 valence electrons. The highest BCUT2D eigenvalue weighted by molar-refractivity contribution is 5.47. The van der Waals surface area contributed by atoms with Crippen molar-refractivity contribution in [2.45, 2.75) is 38.5 Å². The Labute approximate surface area is 204 Å². The van der Waals surface area contributed by atoms with E-state index in [-0.39, 0.29) is 5.92 Å². The SMILES string of the molecule is COc1ccc(CCON(C)CCCC(C#N)(c2ccc(OC)c(OC)c2)C(C)C)cc1OC. The molecular weight excluding hydrogens is 432 g/mol. The van der Waals surface area contributed by atoms with Gasteiger partial charge in [0, 0.05) is 13.6 Å². The molecule has 7 nitrogen and oxygen atoms in total. The van der Waals surface area contributed by atoms with E-state index in [2.05, 4.69) is 19.9 Å². The third kappa shape index (κ3) is 6.55.